The molecule has 0 heterocycles. The van der Waals surface area contributed by atoms with E-state index in [-0.39, 0.29) is 0 Å². The second-order valence-corrected chi connectivity index (χ2v) is 3.56. The molecule has 0 aromatic heterocycles. The molecule has 0 spiro atoms. The third-order valence-electron chi connectivity index (χ3n) is 1.67. The van der Waals surface area contributed by atoms with Gasteiger partial charge in [-0.3, -0.25) is 0 Å². The molecule has 0 saturated heterocycles. The summed E-state index contributed by atoms with van der Waals surface area (Å²) in [5.41, 5.74) is -0.616. The third kappa shape index (κ3) is 4.07. The Morgan fingerprint density at radius 1 is 1.50 bits per heavy atom. The third-order valence-corrected chi connectivity index (χ3v) is 1.67. The molecule has 1 atom stereocenters. The molecule has 3 nitrogen and oxygen atoms in total. The van der Waals surface area contributed by atoms with E-state index in [1.54, 1.807) is 6.92 Å². The van der Waals surface area contributed by atoms with E-state index in [1.807, 2.05) is 6.92 Å². The summed E-state index contributed by atoms with van der Waals surface area (Å²) in [5.74, 6) is 0.508. The lowest BCUT2D eigenvalue weighted by Crippen LogP contribution is -2.16. The quantitative estimate of drug-likeness (QED) is 0.594. The Kier molecular flexibility index (Phi) is 4.50. The van der Waals surface area contributed by atoms with Gasteiger partial charge >= 0.3 is 0 Å². The van der Waals surface area contributed by atoms with Crippen LogP contribution in [0.3, 0.4) is 0 Å². The molecule has 0 saturated carbocycles. The average Bonchev–Trinajstić information content (AvgIpc) is 2.03. The van der Waals surface area contributed by atoms with E-state index >= 15 is 0 Å². The van der Waals surface area contributed by atoms with Crippen LogP contribution in [0, 0.1) is 17.2 Å². The van der Waals surface area contributed by atoms with E-state index in [0.29, 0.717) is 18.9 Å². The Labute approximate surface area is 74.5 Å². The molecule has 1 unspecified atom stereocenters. The van der Waals surface area contributed by atoms with Gasteiger partial charge in [-0.05, 0) is 19.3 Å². The van der Waals surface area contributed by atoms with Gasteiger partial charge in [-0.15, -0.1) is 0 Å². The van der Waals surface area contributed by atoms with Gasteiger partial charge in [-0.2, -0.15) is 15.5 Å². The van der Waals surface area contributed by atoms with E-state index in [2.05, 4.69) is 30.1 Å². The van der Waals surface area contributed by atoms with Crippen LogP contribution in [0.1, 0.15) is 34.1 Å². The summed E-state index contributed by atoms with van der Waals surface area (Å²) in [5, 5.41) is 16.7. The first-order chi connectivity index (χ1) is 5.54. The molecule has 0 radical (unpaired) electrons. The van der Waals surface area contributed by atoms with E-state index in [0.717, 1.165) is 0 Å². The molecular formula is C9H17N3. The molecule has 0 fully saturated rings. The number of hydrogen-bond donors (Lipinski definition) is 0. The van der Waals surface area contributed by atoms with Gasteiger partial charge in [-0.25, -0.2) is 0 Å². The smallest absolute Gasteiger partial charge is 0.164 e. The zero-order chi connectivity index (χ0) is 9.61. The van der Waals surface area contributed by atoms with Crippen molar-refractivity contribution >= 4 is 0 Å². The summed E-state index contributed by atoms with van der Waals surface area (Å²) in [4.78, 5) is 0. The monoisotopic (exact) mass is 167 g/mol. The summed E-state index contributed by atoms with van der Waals surface area (Å²) >= 11 is 0. The number of azo groups is 1. The summed E-state index contributed by atoms with van der Waals surface area (Å²) < 4.78 is 0. The lowest BCUT2D eigenvalue weighted by molar-refractivity contribution is 0.522. The summed E-state index contributed by atoms with van der Waals surface area (Å²) in [6.07, 6.45) is 0.713. The molecule has 0 aliphatic rings. The molecule has 0 amide bonds. The van der Waals surface area contributed by atoms with Crippen molar-refractivity contribution in [1.29, 1.82) is 5.26 Å². The van der Waals surface area contributed by atoms with Crippen LogP contribution in [0.2, 0.25) is 0 Å². The van der Waals surface area contributed by atoms with Gasteiger partial charge in [0.1, 0.15) is 0 Å². The predicted molar refractivity (Wildman–Crippen MR) is 48.9 cm³/mol. The minimum Gasteiger partial charge on any atom is -0.196 e. The molecule has 0 aliphatic carbocycles. The standard InChI is InChI=1S/C9H17N3/c1-5-9(4,7-10)12-11-6-8(2)3/h8H,5-6H2,1-4H3. The Bertz CT molecular complexity index is 190. The van der Waals surface area contributed by atoms with E-state index < -0.39 is 5.54 Å². The zero-order valence-electron chi connectivity index (χ0n) is 8.33. The largest absolute Gasteiger partial charge is 0.196 e. The molecule has 3 heteroatoms. The van der Waals surface area contributed by atoms with Gasteiger partial charge in [0.05, 0.1) is 12.6 Å². The minimum absolute atomic E-state index is 0.508. The highest BCUT2D eigenvalue weighted by atomic mass is 15.1. The van der Waals surface area contributed by atoms with Crippen molar-refractivity contribution < 1.29 is 0 Å². The number of nitrogens with zero attached hydrogens (tertiary/aromatic N) is 3. The summed E-state index contributed by atoms with van der Waals surface area (Å²) in [6, 6.07) is 2.14. The lowest BCUT2D eigenvalue weighted by Gasteiger charge is -2.10. The van der Waals surface area contributed by atoms with Crippen molar-refractivity contribution in [2.45, 2.75) is 39.7 Å². The SMILES string of the molecule is CCC(C)(C#N)N=NCC(C)C. The highest BCUT2D eigenvalue weighted by molar-refractivity contribution is 5.01. The van der Waals surface area contributed by atoms with Crippen molar-refractivity contribution in [1.82, 2.24) is 0 Å². The highest BCUT2D eigenvalue weighted by Gasteiger charge is 2.19. The molecule has 12 heavy (non-hydrogen) atoms. The van der Waals surface area contributed by atoms with E-state index in [1.165, 1.54) is 0 Å². The normalized spacial score (nSPS) is 16.3. The predicted octanol–water partition coefficient (Wildman–Crippen LogP) is 2.79. The Balaban J connectivity index is 4.04. The fourth-order valence-electron chi connectivity index (χ4n) is 0.532. The maximum absolute atomic E-state index is 8.75. The van der Waals surface area contributed by atoms with Gasteiger partial charge in [0.25, 0.3) is 0 Å². The molecule has 68 valence electrons. The van der Waals surface area contributed by atoms with Crippen LogP contribution in [0.15, 0.2) is 10.2 Å². The van der Waals surface area contributed by atoms with Crippen molar-refractivity contribution in [3.05, 3.63) is 0 Å². The highest BCUT2D eigenvalue weighted by Crippen LogP contribution is 2.13. The van der Waals surface area contributed by atoms with Crippen molar-refractivity contribution in [3.8, 4) is 6.07 Å². The molecule has 0 aromatic rings. The molecular weight excluding hydrogens is 150 g/mol. The second-order valence-electron chi connectivity index (χ2n) is 3.56. The first-order valence-electron chi connectivity index (χ1n) is 4.34. The van der Waals surface area contributed by atoms with Gasteiger partial charge in [0, 0.05) is 0 Å². The van der Waals surface area contributed by atoms with Gasteiger partial charge < -0.3 is 0 Å². The van der Waals surface area contributed by atoms with Crippen LogP contribution in [0.25, 0.3) is 0 Å². The first-order valence-corrected chi connectivity index (χ1v) is 4.34. The van der Waals surface area contributed by atoms with Crippen LogP contribution >= 0.6 is 0 Å². The zero-order valence-corrected chi connectivity index (χ0v) is 8.33. The van der Waals surface area contributed by atoms with Crippen LogP contribution in [-0.4, -0.2) is 12.1 Å². The maximum atomic E-state index is 8.75. The van der Waals surface area contributed by atoms with Crippen molar-refractivity contribution in [2.75, 3.05) is 6.54 Å². The van der Waals surface area contributed by atoms with Crippen LogP contribution < -0.4 is 0 Å². The topological polar surface area (TPSA) is 48.5 Å². The van der Waals surface area contributed by atoms with E-state index in [9.17, 15) is 0 Å². The second kappa shape index (κ2) is 4.87. The van der Waals surface area contributed by atoms with Crippen LogP contribution in [0.4, 0.5) is 0 Å². The van der Waals surface area contributed by atoms with Gasteiger partial charge in [0.15, 0.2) is 5.54 Å². The van der Waals surface area contributed by atoms with Crippen molar-refractivity contribution in [2.24, 2.45) is 16.1 Å². The summed E-state index contributed by atoms with van der Waals surface area (Å²) in [7, 11) is 0. The summed E-state index contributed by atoms with van der Waals surface area (Å²) in [6.45, 7) is 8.61. The Morgan fingerprint density at radius 3 is 2.42 bits per heavy atom. The Morgan fingerprint density at radius 2 is 2.08 bits per heavy atom. The lowest BCUT2D eigenvalue weighted by atomic mass is 10.0. The number of nitriles is 1. The molecule has 0 aromatic carbocycles. The maximum Gasteiger partial charge on any atom is 0.164 e. The van der Waals surface area contributed by atoms with Crippen LogP contribution in [-0.2, 0) is 0 Å². The van der Waals surface area contributed by atoms with E-state index in [4.69, 9.17) is 5.26 Å². The van der Waals surface area contributed by atoms with Crippen LogP contribution in [0.5, 0.6) is 0 Å². The number of hydrogen-bond acceptors (Lipinski definition) is 3. The minimum atomic E-state index is -0.616. The first kappa shape index (κ1) is 11.1. The molecule has 0 N–H and O–H groups in total. The molecule has 0 rings (SSSR count). The van der Waals surface area contributed by atoms with Gasteiger partial charge in [0.2, 0.25) is 0 Å². The fourth-order valence-corrected chi connectivity index (χ4v) is 0.532. The molecule has 0 bridgehead atoms. The fraction of sp³-hybridized carbons (Fsp3) is 0.889. The molecule has 0 aliphatic heterocycles. The Hall–Kier alpha value is -0.910. The average molecular weight is 167 g/mol. The van der Waals surface area contributed by atoms with Gasteiger partial charge in [-0.1, -0.05) is 20.8 Å². The van der Waals surface area contributed by atoms with Crippen molar-refractivity contribution in [3.63, 3.8) is 0 Å². The number of rotatable bonds is 4.